The van der Waals surface area contributed by atoms with Crippen molar-refractivity contribution in [3.8, 4) is 5.75 Å². The Balaban J connectivity index is 1.36. The fourth-order valence-corrected chi connectivity index (χ4v) is 7.03. The predicted octanol–water partition coefficient (Wildman–Crippen LogP) is 6.76. The van der Waals surface area contributed by atoms with Crippen LogP contribution in [0.2, 0.25) is 0 Å². The van der Waals surface area contributed by atoms with E-state index in [1.807, 2.05) is 0 Å². The first-order valence-electron chi connectivity index (χ1n) is 18.1. The van der Waals surface area contributed by atoms with E-state index in [2.05, 4.69) is 34.5 Å². The minimum atomic E-state index is -4.10. The van der Waals surface area contributed by atoms with Crippen LogP contribution in [0.15, 0.2) is 59.5 Å². The topological polar surface area (TPSA) is 167 Å². The third-order valence-corrected chi connectivity index (χ3v) is 10.2. The highest BCUT2D eigenvalue weighted by Gasteiger charge is 2.55. The number of nitrogens with two attached hydrogens (primary N) is 1. The minimum absolute atomic E-state index is 0.0467. The molecule has 1 saturated heterocycles. The molecule has 0 radical (unpaired) electrons. The van der Waals surface area contributed by atoms with E-state index < -0.39 is 44.1 Å². The maximum absolute atomic E-state index is 15.6. The summed E-state index contributed by atoms with van der Waals surface area (Å²) in [6.07, 6.45) is 17.1. The second-order valence-corrected chi connectivity index (χ2v) is 14.7. The van der Waals surface area contributed by atoms with Crippen LogP contribution in [0.25, 0.3) is 0 Å². The molecule has 0 saturated carbocycles. The van der Waals surface area contributed by atoms with Crippen LogP contribution in [0.4, 0.5) is 10.2 Å². The van der Waals surface area contributed by atoms with E-state index in [1.165, 1.54) is 57.2 Å². The number of ether oxygens (including phenoxy) is 1. The molecule has 12 nitrogen and oxygen atoms in total. The van der Waals surface area contributed by atoms with E-state index in [0.29, 0.717) is 6.42 Å². The summed E-state index contributed by atoms with van der Waals surface area (Å²) in [4.78, 5) is 28.3. The maximum atomic E-state index is 15.6. The van der Waals surface area contributed by atoms with Gasteiger partial charge in [0.1, 0.15) is 23.8 Å². The Morgan fingerprint density at radius 1 is 1.04 bits per heavy atom. The van der Waals surface area contributed by atoms with E-state index in [4.69, 9.17) is 19.5 Å². The number of unbranched alkanes of at least 4 members (excludes halogenated alkanes) is 11. The first-order chi connectivity index (χ1) is 24.1. The summed E-state index contributed by atoms with van der Waals surface area (Å²) in [7, 11) is -4.10. The van der Waals surface area contributed by atoms with E-state index in [9.17, 15) is 19.3 Å². The molecule has 280 valence electrons. The number of carbonyl (C=O) groups excluding carboxylic acids is 1. The normalized spacial score (nSPS) is 21.7. The van der Waals surface area contributed by atoms with Crippen LogP contribution in [0, 0.1) is 0 Å². The molecule has 2 heterocycles. The molecular weight excluding hydrogens is 664 g/mol. The number of nitrogen functional groups attached to an aromatic ring is 1. The minimum Gasteiger partial charge on any atom is -0.413 e. The van der Waals surface area contributed by atoms with E-state index in [-0.39, 0.29) is 30.6 Å². The fourth-order valence-electron chi connectivity index (χ4n) is 5.69. The Labute approximate surface area is 296 Å². The molecule has 1 aromatic carbocycles. The zero-order valence-electron chi connectivity index (χ0n) is 29.6. The van der Waals surface area contributed by atoms with Crippen LogP contribution in [-0.2, 0) is 18.6 Å². The molecule has 1 fully saturated rings. The summed E-state index contributed by atoms with van der Waals surface area (Å²) in [6, 6.07) is 9.62. The van der Waals surface area contributed by atoms with Gasteiger partial charge in [-0.3, -0.25) is 13.9 Å². The average Bonchev–Trinajstić information content (AvgIpc) is 3.31. The first-order valence-corrected chi connectivity index (χ1v) is 19.6. The van der Waals surface area contributed by atoms with Crippen LogP contribution in [0.5, 0.6) is 5.75 Å². The van der Waals surface area contributed by atoms with Crippen molar-refractivity contribution in [2.45, 2.75) is 128 Å². The largest absolute Gasteiger partial charge is 0.458 e. The standard InChI is InChI=1S/C36H57FN5O7P/c1-3-4-5-6-7-8-9-10-11-12-13-14-15-16-20-23-32(43)39-25-26-40-50(46,49-29-21-18-17-19-22-29)47-28-30-33(44)36(2,37)34(48-30)42-27-24-31(38)41-35(42)45/h10-11,17-19,21-22,24,27,30,33-34,44H,3-9,12-16,20,23,25-26,28H2,1-2H3,(H,39,43)(H,40,46)(H2,38,41,45)/b11-10-/t30-,33-,34-,36-,50?/m1/s1. The van der Waals surface area contributed by atoms with Crippen LogP contribution in [-0.4, -0.2) is 58.1 Å². The van der Waals surface area contributed by atoms with Gasteiger partial charge in [-0.05, 0) is 57.2 Å². The highest BCUT2D eigenvalue weighted by molar-refractivity contribution is 7.52. The number of hydrogen-bond acceptors (Lipinski definition) is 9. The van der Waals surface area contributed by atoms with Gasteiger partial charge in [-0.15, -0.1) is 0 Å². The summed E-state index contributed by atoms with van der Waals surface area (Å²) in [5.74, 6) is 0.0963. The van der Waals surface area contributed by atoms with Gasteiger partial charge in [0, 0.05) is 25.7 Å². The SMILES string of the molecule is CCCCCCCC/C=C\CCCCCCCC(=O)NCCNP(=O)(OC[C@H]1O[C@@H](n2ccc(N)nc2=O)[C@](C)(F)[C@@H]1O)Oc1ccccc1. The molecule has 2 aromatic rings. The lowest BCUT2D eigenvalue weighted by Crippen LogP contribution is -2.43. The quantitative estimate of drug-likeness (QED) is 0.0489. The number of rotatable bonds is 25. The van der Waals surface area contributed by atoms with Gasteiger partial charge in [-0.1, -0.05) is 88.6 Å². The third kappa shape index (κ3) is 14.3. The second-order valence-electron chi connectivity index (χ2n) is 13.0. The van der Waals surface area contributed by atoms with Gasteiger partial charge in [0.05, 0.1) is 6.61 Å². The van der Waals surface area contributed by atoms with Gasteiger partial charge in [-0.25, -0.2) is 18.8 Å². The molecule has 5 N–H and O–H groups in total. The zero-order valence-corrected chi connectivity index (χ0v) is 30.5. The van der Waals surface area contributed by atoms with E-state index in [1.54, 1.807) is 30.3 Å². The smallest absolute Gasteiger partial charge is 0.413 e. The van der Waals surface area contributed by atoms with Crippen molar-refractivity contribution in [1.82, 2.24) is 20.0 Å². The average molecular weight is 722 g/mol. The van der Waals surface area contributed by atoms with Crippen molar-refractivity contribution in [2.75, 3.05) is 25.4 Å². The number of halogens is 1. The number of aliphatic hydroxyl groups excluding tert-OH is 1. The molecule has 3 rings (SSSR count). The molecule has 0 spiro atoms. The van der Waals surface area contributed by atoms with Gasteiger partial charge in [0.25, 0.3) is 0 Å². The predicted molar refractivity (Wildman–Crippen MR) is 193 cm³/mol. The number of benzene rings is 1. The number of allylic oxidation sites excluding steroid dienone is 2. The Hall–Kier alpha value is -3.09. The first kappa shape index (κ1) is 41.3. The Kier molecular flexibility index (Phi) is 18.2. The molecule has 1 aliphatic heterocycles. The molecule has 0 bridgehead atoms. The Bertz CT molecular complexity index is 1410. The molecule has 1 aromatic heterocycles. The monoisotopic (exact) mass is 721 g/mol. The number of amides is 1. The Morgan fingerprint density at radius 3 is 2.34 bits per heavy atom. The molecular formula is C36H57FN5O7P. The molecule has 1 aliphatic rings. The summed E-state index contributed by atoms with van der Waals surface area (Å²) >= 11 is 0. The van der Waals surface area contributed by atoms with Gasteiger partial charge in [-0.2, -0.15) is 4.98 Å². The van der Waals surface area contributed by atoms with Crippen molar-refractivity contribution in [1.29, 1.82) is 0 Å². The number of aliphatic hydroxyl groups is 1. The third-order valence-electron chi connectivity index (χ3n) is 8.62. The van der Waals surface area contributed by atoms with Gasteiger partial charge in [0.15, 0.2) is 11.9 Å². The zero-order chi connectivity index (χ0) is 36.2. The number of hydrogen-bond donors (Lipinski definition) is 4. The number of nitrogens with zero attached hydrogens (tertiary/aromatic N) is 2. The van der Waals surface area contributed by atoms with Crippen LogP contribution in [0.3, 0.4) is 0 Å². The van der Waals surface area contributed by atoms with Gasteiger partial charge >= 0.3 is 13.4 Å². The maximum Gasteiger partial charge on any atom is 0.458 e. The number of aromatic nitrogens is 2. The number of alkyl halides is 1. The summed E-state index contributed by atoms with van der Waals surface area (Å²) in [6.45, 7) is 3.00. The lowest BCUT2D eigenvalue weighted by atomic mass is 9.98. The van der Waals surface area contributed by atoms with Crippen LogP contribution in [0.1, 0.15) is 110 Å². The number of nitrogens with one attached hydrogen (secondary N) is 2. The van der Waals surface area contributed by atoms with Crippen molar-refractivity contribution in [3.63, 3.8) is 0 Å². The van der Waals surface area contributed by atoms with E-state index in [0.717, 1.165) is 50.0 Å². The van der Waals surface area contributed by atoms with Crippen molar-refractivity contribution >= 4 is 19.5 Å². The molecule has 0 aliphatic carbocycles. The lowest BCUT2D eigenvalue weighted by Gasteiger charge is -2.25. The number of para-hydroxylation sites is 1. The number of carbonyl (C=O) groups is 1. The Morgan fingerprint density at radius 2 is 1.68 bits per heavy atom. The summed E-state index contributed by atoms with van der Waals surface area (Å²) in [5.41, 5.74) is 2.27. The second kappa shape index (κ2) is 22.0. The highest BCUT2D eigenvalue weighted by Crippen LogP contribution is 2.47. The van der Waals surface area contributed by atoms with E-state index >= 15 is 4.39 Å². The molecule has 50 heavy (non-hydrogen) atoms. The fraction of sp³-hybridized carbons (Fsp3) is 0.639. The van der Waals surface area contributed by atoms with Crippen molar-refractivity contribution < 1.29 is 32.6 Å². The van der Waals surface area contributed by atoms with Crippen molar-refractivity contribution in [2.24, 2.45) is 0 Å². The summed E-state index contributed by atoms with van der Waals surface area (Å²) < 4.78 is 47.2. The molecule has 14 heteroatoms. The van der Waals surface area contributed by atoms with Crippen LogP contribution >= 0.6 is 7.75 Å². The van der Waals surface area contributed by atoms with Gasteiger partial charge in [0.2, 0.25) is 5.91 Å². The lowest BCUT2D eigenvalue weighted by molar-refractivity contribution is -0.121. The molecule has 1 unspecified atom stereocenters. The van der Waals surface area contributed by atoms with Gasteiger partial charge < -0.3 is 25.4 Å². The van der Waals surface area contributed by atoms with Crippen LogP contribution < -0.4 is 26.4 Å². The molecule has 5 atom stereocenters. The highest BCUT2D eigenvalue weighted by atomic mass is 31.2. The summed E-state index contributed by atoms with van der Waals surface area (Å²) in [5, 5.41) is 16.3. The van der Waals surface area contributed by atoms with Crippen molar-refractivity contribution in [3.05, 3.63) is 65.2 Å². The number of anilines is 1. The molecule has 1 amide bonds.